The molecular formula is C26H27N3O2. The van der Waals surface area contributed by atoms with Crippen LogP contribution in [0, 0.1) is 0 Å². The lowest BCUT2D eigenvalue weighted by Gasteiger charge is -2.18. The summed E-state index contributed by atoms with van der Waals surface area (Å²) in [6.45, 7) is 2.62. The molecule has 0 unspecified atom stereocenters. The smallest absolute Gasteiger partial charge is 0.221 e. The predicted molar refractivity (Wildman–Crippen MR) is 123 cm³/mol. The zero-order valence-electron chi connectivity index (χ0n) is 17.9. The SMILES string of the molecule is CCc1cccc2c([C@H](CC(=O)NCc3cccnc3)c3ccc(OC)cc3)c[nH]c12. The van der Waals surface area contributed by atoms with Crippen LogP contribution in [0.5, 0.6) is 5.75 Å². The molecule has 0 saturated heterocycles. The van der Waals surface area contributed by atoms with E-state index in [2.05, 4.69) is 40.4 Å². The number of H-pyrrole nitrogens is 1. The van der Waals surface area contributed by atoms with Crippen LogP contribution in [0.2, 0.25) is 0 Å². The van der Waals surface area contributed by atoms with Gasteiger partial charge in [0.05, 0.1) is 7.11 Å². The van der Waals surface area contributed by atoms with E-state index >= 15 is 0 Å². The van der Waals surface area contributed by atoms with Gasteiger partial charge in [-0.3, -0.25) is 9.78 Å². The molecule has 158 valence electrons. The molecule has 4 aromatic rings. The molecule has 5 nitrogen and oxygen atoms in total. The van der Waals surface area contributed by atoms with Gasteiger partial charge in [-0.15, -0.1) is 0 Å². The number of benzene rings is 2. The van der Waals surface area contributed by atoms with Gasteiger partial charge in [0, 0.05) is 48.4 Å². The van der Waals surface area contributed by atoms with Crippen molar-refractivity contribution in [3.8, 4) is 5.75 Å². The van der Waals surface area contributed by atoms with E-state index in [0.717, 1.165) is 34.4 Å². The van der Waals surface area contributed by atoms with Crippen molar-refractivity contribution >= 4 is 16.8 Å². The summed E-state index contributed by atoms with van der Waals surface area (Å²) in [4.78, 5) is 20.5. The van der Waals surface area contributed by atoms with Crippen LogP contribution in [-0.4, -0.2) is 23.0 Å². The average molecular weight is 414 g/mol. The molecule has 31 heavy (non-hydrogen) atoms. The summed E-state index contributed by atoms with van der Waals surface area (Å²) < 4.78 is 5.32. The normalized spacial score (nSPS) is 11.9. The lowest BCUT2D eigenvalue weighted by molar-refractivity contribution is -0.121. The molecule has 2 aromatic heterocycles. The van der Waals surface area contributed by atoms with Gasteiger partial charge >= 0.3 is 0 Å². The van der Waals surface area contributed by atoms with E-state index < -0.39 is 0 Å². The van der Waals surface area contributed by atoms with Crippen LogP contribution >= 0.6 is 0 Å². The first-order valence-electron chi connectivity index (χ1n) is 10.6. The van der Waals surface area contributed by atoms with E-state index in [1.807, 2.05) is 42.6 Å². The molecule has 1 amide bonds. The number of nitrogens with zero attached hydrogens (tertiary/aromatic N) is 1. The van der Waals surface area contributed by atoms with Gasteiger partial charge in [-0.1, -0.05) is 43.3 Å². The third-order valence-corrected chi connectivity index (χ3v) is 5.71. The largest absolute Gasteiger partial charge is 0.497 e. The van der Waals surface area contributed by atoms with Crippen molar-refractivity contribution in [2.75, 3.05) is 7.11 Å². The van der Waals surface area contributed by atoms with E-state index in [4.69, 9.17) is 4.74 Å². The number of carbonyl (C=O) groups is 1. The molecule has 4 rings (SSSR count). The lowest BCUT2D eigenvalue weighted by atomic mass is 9.87. The van der Waals surface area contributed by atoms with E-state index in [-0.39, 0.29) is 11.8 Å². The highest BCUT2D eigenvalue weighted by Gasteiger charge is 2.22. The number of hydrogen-bond donors (Lipinski definition) is 2. The fourth-order valence-electron chi connectivity index (χ4n) is 4.03. The summed E-state index contributed by atoms with van der Waals surface area (Å²) in [5.74, 6) is 0.738. The number of aromatic amines is 1. The Labute approximate surface area is 182 Å². The zero-order valence-corrected chi connectivity index (χ0v) is 17.9. The highest BCUT2D eigenvalue weighted by Crippen LogP contribution is 2.35. The minimum Gasteiger partial charge on any atom is -0.497 e. The minimum absolute atomic E-state index is 0.00525. The number of aromatic nitrogens is 2. The Hall–Kier alpha value is -3.60. The highest BCUT2D eigenvalue weighted by atomic mass is 16.5. The van der Waals surface area contributed by atoms with Crippen molar-refractivity contribution < 1.29 is 9.53 Å². The maximum absolute atomic E-state index is 12.9. The Morgan fingerprint density at radius 3 is 2.68 bits per heavy atom. The Balaban J connectivity index is 1.64. The topological polar surface area (TPSA) is 67.0 Å². The van der Waals surface area contributed by atoms with E-state index in [1.54, 1.807) is 19.5 Å². The van der Waals surface area contributed by atoms with Crippen LogP contribution in [-0.2, 0) is 17.8 Å². The van der Waals surface area contributed by atoms with Crippen LogP contribution in [0.25, 0.3) is 10.9 Å². The third kappa shape index (κ3) is 4.61. The highest BCUT2D eigenvalue weighted by molar-refractivity contribution is 5.88. The Kier molecular flexibility index (Phi) is 6.32. The number of carbonyl (C=O) groups excluding carboxylic acids is 1. The first-order valence-corrected chi connectivity index (χ1v) is 10.6. The fourth-order valence-corrected chi connectivity index (χ4v) is 4.03. The van der Waals surface area contributed by atoms with Crippen LogP contribution in [0.1, 0.15) is 41.5 Å². The number of hydrogen-bond acceptors (Lipinski definition) is 3. The quantitative estimate of drug-likeness (QED) is 0.428. The van der Waals surface area contributed by atoms with Crippen molar-refractivity contribution in [1.29, 1.82) is 0 Å². The number of amides is 1. The fraction of sp³-hybridized carbons (Fsp3) is 0.231. The van der Waals surface area contributed by atoms with Gasteiger partial charge in [0.1, 0.15) is 5.75 Å². The van der Waals surface area contributed by atoms with Gasteiger partial charge in [-0.2, -0.15) is 0 Å². The van der Waals surface area contributed by atoms with Crippen molar-refractivity contribution in [2.45, 2.75) is 32.2 Å². The number of pyridine rings is 1. The Bertz CT molecular complexity index is 1150. The molecule has 0 fully saturated rings. The number of aryl methyl sites for hydroxylation is 1. The monoisotopic (exact) mass is 413 g/mol. The van der Waals surface area contributed by atoms with Crippen molar-refractivity contribution in [3.05, 3.63) is 95.4 Å². The lowest BCUT2D eigenvalue weighted by Crippen LogP contribution is -2.25. The molecule has 0 aliphatic rings. The van der Waals surface area contributed by atoms with Gasteiger partial charge in [0.25, 0.3) is 0 Å². The first kappa shape index (κ1) is 20.7. The van der Waals surface area contributed by atoms with Gasteiger partial charge in [0.2, 0.25) is 5.91 Å². The van der Waals surface area contributed by atoms with E-state index in [9.17, 15) is 4.79 Å². The Morgan fingerprint density at radius 2 is 1.97 bits per heavy atom. The molecule has 5 heteroatoms. The van der Waals surface area contributed by atoms with E-state index in [0.29, 0.717) is 13.0 Å². The number of para-hydroxylation sites is 1. The van der Waals surface area contributed by atoms with Crippen LogP contribution in [0.3, 0.4) is 0 Å². The molecular weight excluding hydrogens is 386 g/mol. The second kappa shape index (κ2) is 9.47. The van der Waals surface area contributed by atoms with Crippen molar-refractivity contribution in [3.63, 3.8) is 0 Å². The minimum atomic E-state index is -0.0688. The number of methoxy groups -OCH3 is 1. The number of nitrogens with one attached hydrogen (secondary N) is 2. The Morgan fingerprint density at radius 1 is 1.13 bits per heavy atom. The van der Waals surface area contributed by atoms with Crippen molar-refractivity contribution in [1.82, 2.24) is 15.3 Å². The summed E-state index contributed by atoms with van der Waals surface area (Å²) in [6.07, 6.45) is 6.86. The van der Waals surface area contributed by atoms with Crippen LogP contribution in [0.4, 0.5) is 0 Å². The molecule has 0 spiro atoms. The zero-order chi connectivity index (χ0) is 21.6. The molecule has 2 N–H and O–H groups in total. The number of ether oxygens (including phenoxy) is 1. The second-order valence-electron chi connectivity index (χ2n) is 7.61. The summed E-state index contributed by atoms with van der Waals surface area (Å²) in [6, 6.07) is 18.2. The van der Waals surface area contributed by atoms with Crippen LogP contribution < -0.4 is 10.1 Å². The molecule has 1 atom stereocenters. The summed E-state index contributed by atoms with van der Waals surface area (Å²) >= 11 is 0. The number of fused-ring (bicyclic) bond motifs is 1. The second-order valence-corrected chi connectivity index (χ2v) is 7.61. The average Bonchev–Trinajstić information content (AvgIpc) is 3.26. The first-order chi connectivity index (χ1) is 15.2. The van der Waals surface area contributed by atoms with Gasteiger partial charge < -0.3 is 15.0 Å². The molecule has 0 radical (unpaired) electrons. The molecule has 0 aliphatic heterocycles. The third-order valence-electron chi connectivity index (χ3n) is 5.71. The van der Waals surface area contributed by atoms with Gasteiger partial charge in [-0.05, 0) is 46.9 Å². The molecule has 0 aliphatic carbocycles. The van der Waals surface area contributed by atoms with Crippen molar-refractivity contribution in [2.24, 2.45) is 0 Å². The summed E-state index contributed by atoms with van der Waals surface area (Å²) in [5, 5.41) is 4.21. The molecule has 0 bridgehead atoms. The maximum atomic E-state index is 12.9. The maximum Gasteiger partial charge on any atom is 0.221 e. The van der Waals surface area contributed by atoms with Gasteiger partial charge in [-0.25, -0.2) is 0 Å². The molecule has 2 aromatic carbocycles. The van der Waals surface area contributed by atoms with Gasteiger partial charge in [0.15, 0.2) is 0 Å². The summed E-state index contributed by atoms with van der Waals surface area (Å²) in [7, 11) is 1.66. The predicted octanol–water partition coefficient (Wildman–Crippen LogP) is 4.97. The van der Waals surface area contributed by atoms with Crippen LogP contribution in [0.15, 0.2) is 73.2 Å². The molecule has 2 heterocycles. The summed E-state index contributed by atoms with van der Waals surface area (Å²) in [5.41, 5.74) is 5.62. The standard InChI is InChI=1S/C26H27N3O2/c1-3-19-7-4-8-22-24(17-29-26(19)22)23(20-9-11-21(31-2)12-10-20)14-25(30)28-16-18-6-5-13-27-15-18/h4-13,15,17,23,29H,3,14,16H2,1-2H3,(H,28,30)/t23-/m1/s1. The number of rotatable bonds is 8. The van der Waals surface area contributed by atoms with E-state index in [1.165, 1.54) is 10.9 Å². The molecule has 0 saturated carbocycles.